The van der Waals surface area contributed by atoms with Crippen LogP contribution in [0.3, 0.4) is 0 Å². The van der Waals surface area contributed by atoms with Gasteiger partial charge in [-0.3, -0.25) is 0 Å². The molecule has 5 nitrogen and oxygen atoms in total. The second-order valence-corrected chi connectivity index (χ2v) is 3.84. The van der Waals surface area contributed by atoms with Crippen LogP contribution in [-0.2, 0) is 11.3 Å². The topological polar surface area (TPSA) is 74.7 Å². The van der Waals surface area contributed by atoms with Crippen LogP contribution in [-0.4, -0.2) is 12.6 Å². The van der Waals surface area contributed by atoms with E-state index in [0.29, 0.717) is 29.4 Å². The number of esters is 1. The number of carbonyl (C=O) groups excluding carboxylic acids is 1. The molecule has 0 atom stereocenters. The van der Waals surface area contributed by atoms with Crippen LogP contribution in [0.1, 0.15) is 23.0 Å². The fourth-order valence-corrected chi connectivity index (χ4v) is 1.54. The summed E-state index contributed by atoms with van der Waals surface area (Å²) >= 11 is 0. The molecule has 0 unspecified atom stereocenters. The van der Waals surface area contributed by atoms with Gasteiger partial charge in [0.25, 0.3) is 0 Å². The predicted molar refractivity (Wildman–Crippen MR) is 69.9 cm³/mol. The van der Waals surface area contributed by atoms with Crippen LogP contribution in [0, 0.1) is 0 Å². The maximum absolute atomic E-state index is 11.6. The average Bonchev–Trinajstić information content (AvgIpc) is 2.91. The van der Waals surface area contributed by atoms with Crippen LogP contribution in [0.2, 0.25) is 0 Å². The van der Waals surface area contributed by atoms with Gasteiger partial charge in [-0.05, 0) is 37.3 Å². The third-order valence-electron chi connectivity index (χ3n) is 2.47. The van der Waals surface area contributed by atoms with Gasteiger partial charge in [-0.25, -0.2) is 4.79 Å². The molecule has 0 amide bonds. The highest BCUT2D eigenvalue weighted by molar-refractivity contribution is 5.90. The molecule has 1 aromatic heterocycles. The van der Waals surface area contributed by atoms with Gasteiger partial charge in [0.1, 0.15) is 18.1 Å². The minimum absolute atomic E-state index is 0.253. The number of hydrogen-bond acceptors (Lipinski definition) is 5. The lowest BCUT2D eigenvalue weighted by Crippen LogP contribution is -2.06. The molecule has 1 heterocycles. The van der Waals surface area contributed by atoms with Crippen molar-refractivity contribution in [3.05, 3.63) is 47.9 Å². The molecule has 0 aliphatic rings. The Hall–Kier alpha value is -2.43. The van der Waals surface area contributed by atoms with Crippen molar-refractivity contribution in [2.75, 3.05) is 12.3 Å². The van der Waals surface area contributed by atoms with Crippen LogP contribution in [0.5, 0.6) is 5.75 Å². The van der Waals surface area contributed by atoms with E-state index in [1.165, 1.54) is 0 Å². The van der Waals surface area contributed by atoms with Crippen LogP contribution >= 0.6 is 0 Å². The number of nitrogens with two attached hydrogens (primary N) is 1. The van der Waals surface area contributed by atoms with Crippen molar-refractivity contribution in [3.63, 3.8) is 0 Å². The number of ether oxygens (including phenoxy) is 2. The first-order valence-electron chi connectivity index (χ1n) is 5.92. The quantitative estimate of drug-likeness (QED) is 0.661. The van der Waals surface area contributed by atoms with E-state index in [1.807, 2.05) is 0 Å². The van der Waals surface area contributed by atoms with Crippen molar-refractivity contribution in [2.45, 2.75) is 13.5 Å². The van der Waals surface area contributed by atoms with Crippen molar-refractivity contribution in [2.24, 2.45) is 0 Å². The SMILES string of the molecule is CCOC(=O)c1ccc(N)c(OCc2ccco2)c1. The van der Waals surface area contributed by atoms with Gasteiger partial charge in [-0.15, -0.1) is 0 Å². The molecule has 100 valence electrons. The van der Waals surface area contributed by atoms with Crippen molar-refractivity contribution in [1.29, 1.82) is 0 Å². The van der Waals surface area contributed by atoms with E-state index in [-0.39, 0.29) is 6.61 Å². The molecule has 0 aliphatic carbocycles. The van der Waals surface area contributed by atoms with E-state index in [9.17, 15) is 4.79 Å². The molecule has 2 N–H and O–H groups in total. The molecule has 2 aromatic rings. The molecule has 0 fully saturated rings. The lowest BCUT2D eigenvalue weighted by Gasteiger charge is -2.09. The summed E-state index contributed by atoms with van der Waals surface area (Å²) in [7, 11) is 0. The third-order valence-corrected chi connectivity index (χ3v) is 2.47. The summed E-state index contributed by atoms with van der Waals surface area (Å²) in [5, 5.41) is 0. The molecular weight excluding hydrogens is 246 g/mol. The van der Waals surface area contributed by atoms with Gasteiger partial charge in [0.05, 0.1) is 24.1 Å². The van der Waals surface area contributed by atoms with Gasteiger partial charge in [-0.2, -0.15) is 0 Å². The number of hydrogen-bond donors (Lipinski definition) is 1. The maximum Gasteiger partial charge on any atom is 0.338 e. The van der Waals surface area contributed by atoms with Crippen LogP contribution in [0.25, 0.3) is 0 Å². The lowest BCUT2D eigenvalue weighted by atomic mass is 10.2. The number of nitrogen functional groups attached to an aromatic ring is 1. The maximum atomic E-state index is 11.6. The Kier molecular flexibility index (Phi) is 4.07. The first-order chi connectivity index (χ1) is 9.20. The normalized spacial score (nSPS) is 10.2. The van der Waals surface area contributed by atoms with E-state index in [0.717, 1.165) is 0 Å². The summed E-state index contributed by atoms with van der Waals surface area (Å²) in [6.45, 7) is 2.33. The molecule has 0 bridgehead atoms. The summed E-state index contributed by atoms with van der Waals surface area (Å²) in [5.74, 6) is 0.716. The minimum atomic E-state index is -0.398. The zero-order valence-corrected chi connectivity index (χ0v) is 10.6. The summed E-state index contributed by atoms with van der Waals surface area (Å²) < 4.78 is 15.6. The number of rotatable bonds is 5. The van der Waals surface area contributed by atoms with Crippen molar-refractivity contribution in [1.82, 2.24) is 0 Å². The van der Waals surface area contributed by atoms with Crippen LogP contribution < -0.4 is 10.5 Å². The fraction of sp³-hybridized carbons (Fsp3) is 0.214. The molecule has 5 heteroatoms. The fourth-order valence-electron chi connectivity index (χ4n) is 1.54. The molecular formula is C14H15NO4. The monoisotopic (exact) mass is 261 g/mol. The predicted octanol–water partition coefficient (Wildman–Crippen LogP) is 2.62. The van der Waals surface area contributed by atoms with Crippen molar-refractivity contribution >= 4 is 11.7 Å². The number of anilines is 1. The summed E-state index contributed by atoms with van der Waals surface area (Å²) in [5.41, 5.74) is 6.66. The van der Waals surface area contributed by atoms with Crippen molar-refractivity contribution in [3.8, 4) is 5.75 Å². The Morgan fingerprint density at radius 1 is 1.37 bits per heavy atom. The zero-order valence-electron chi connectivity index (χ0n) is 10.6. The minimum Gasteiger partial charge on any atom is -0.483 e. The van der Waals surface area contributed by atoms with Gasteiger partial charge in [-0.1, -0.05) is 0 Å². The number of carbonyl (C=O) groups is 1. The molecule has 0 aliphatic heterocycles. The average molecular weight is 261 g/mol. The van der Waals surface area contributed by atoms with E-state index in [4.69, 9.17) is 19.6 Å². The molecule has 0 saturated carbocycles. The van der Waals surface area contributed by atoms with Gasteiger partial charge in [0, 0.05) is 0 Å². The van der Waals surface area contributed by atoms with Crippen LogP contribution in [0.15, 0.2) is 41.0 Å². The third kappa shape index (κ3) is 3.28. The summed E-state index contributed by atoms with van der Waals surface area (Å²) in [4.78, 5) is 11.6. The highest BCUT2D eigenvalue weighted by Crippen LogP contribution is 2.24. The number of furan rings is 1. The lowest BCUT2D eigenvalue weighted by molar-refractivity contribution is 0.0526. The van der Waals surface area contributed by atoms with E-state index in [2.05, 4.69) is 0 Å². The molecule has 0 radical (unpaired) electrons. The van der Waals surface area contributed by atoms with E-state index in [1.54, 1.807) is 43.5 Å². The molecule has 19 heavy (non-hydrogen) atoms. The Balaban J connectivity index is 2.10. The number of benzene rings is 1. The first-order valence-corrected chi connectivity index (χ1v) is 5.92. The zero-order chi connectivity index (χ0) is 13.7. The smallest absolute Gasteiger partial charge is 0.338 e. The molecule has 0 saturated heterocycles. The Labute approximate surface area is 110 Å². The highest BCUT2D eigenvalue weighted by atomic mass is 16.5. The van der Waals surface area contributed by atoms with Crippen molar-refractivity contribution < 1.29 is 18.7 Å². The summed E-state index contributed by atoms with van der Waals surface area (Å²) in [6.07, 6.45) is 1.57. The second-order valence-electron chi connectivity index (χ2n) is 3.84. The molecule has 1 aromatic carbocycles. The molecule has 2 rings (SSSR count). The Morgan fingerprint density at radius 2 is 2.21 bits per heavy atom. The second kappa shape index (κ2) is 5.95. The van der Waals surface area contributed by atoms with Gasteiger partial charge in [0.15, 0.2) is 0 Å². The van der Waals surface area contributed by atoms with Gasteiger partial charge < -0.3 is 19.6 Å². The van der Waals surface area contributed by atoms with E-state index < -0.39 is 5.97 Å². The highest BCUT2D eigenvalue weighted by Gasteiger charge is 2.10. The largest absolute Gasteiger partial charge is 0.483 e. The Bertz CT molecular complexity index is 549. The van der Waals surface area contributed by atoms with Gasteiger partial charge in [0.2, 0.25) is 0 Å². The van der Waals surface area contributed by atoms with E-state index >= 15 is 0 Å². The van der Waals surface area contributed by atoms with Crippen LogP contribution in [0.4, 0.5) is 5.69 Å². The van der Waals surface area contributed by atoms with Gasteiger partial charge >= 0.3 is 5.97 Å². The first kappa shape index (κ1) is 13.0. The summed E-state index contributed by atoms with van der Waals surface area (Å²) in [6, 6.07) is 8.36. The standard InChI is InChI=1S/C14H15NO4/c1-2-17-14(16)10-5-6-12(15)13(8-10)19-9-11-4-3-7-18-11/h3-8H,2,9,15H2,1H3. The molecule has 0 spiro atoms. The Morgan fingerprint density at radius 3 is 2.89 bits per heavy atom.